The SMILES string of the molecule is CC(c1cc(N)cc(C(F)(F)F)c1)c1c(C(N)=O)ccc(=O)n1-c1cccc(NC2CC2)c1. The summed E-state index contributed by atoms with van der Waals surface area (Å²) in [5.74, 6) is -1.59. The van der Waals surface area contributed by atoms with E-state index in [9.17, 15) is 22.8 Å². The molecule has 1 aliphatic rings. The van der Waals surface area contributed by atoms with E-state index in [4.69, 9.17) is 11.5 Å². The van der Waals surface area contributed by atoms with Crippen molar-refractivity contribution in [3.8, 4) is 5.69 Å². The van der Waals surface area contributed by atoms with Gasteiger partial charge < -0.3 is 16.8 Å². The standard InChI is InChI=1S/C24H23F3N4O2/c1-13(14-9-15(24(25,26)27)11-16(28)10-14)22-20(23(29)33)7-8-21(32)31(22)19-4-2-3-18(12-19)30-17-5-6-17/h2-4,7-13,17,30H,5-6,28H2,1H3,(H2,29,33). The van der Waals surface area contributed by atoms with Crippen LogP contribution >= 0.6 is 0 Å². The van der Waals surface area contributed by atoms with Crippen LogP contribution in [0, 0.1) is 0 Å². The molecular weight excluding hydrogens is 433 g/mol. The summed E-state index contributed by atoms with van der Waals surface area (Å²) in [5, 5.41) is 3.35. The van der Waals surface area contributed by atoms with Gasteiger partial charge in [-0.05, 0) is 60.9 Å². The topological polar surface area (TPSA) is 103 Å². The first kappa shape index (κ1) is 22.4. The average molecular weight is 456 g/mol. The second-order valence-corrected chi connectivity index (χ2v) is 8.25. The smallest absolute Gasteiger partial charge is 0.399 e. The maximum atomic E-state index is 13.4. The molecule has 4 rings (SSSR count). The Bertz CT molecular complexity index is 1280. The number of carbonyl (C=O) groups is 1. The second kappa shape index (κ2) is 8.31. The summed E-state index contributed by atoms with van der Waals surface area (Å²) in [6, 6.07) is 13.2. The lowest BCUT2D eigenvalue weighted by Gasteiger charge is -2.23. The van der Waals surface area contributed by atoms with Gasteiger partial charge in [0.15, 0.2) is 0 Å². The van der Waals surface area contributed by atoms with E-state index in [0.717, 1.165) is 30.7 Å². The predicted molar refractivity (Wildman–Crippen MR) is 121 cm³/mol. The van der Waals surface area contributed by atoms with Gasteiger partial charge in [-0.3, -0.25) is 14.2 Å². The first-order chi connectivity index (χ1) is 15.5. The highest BCUT2D eigenvalue weighted by molar-refractivity contribution is 5.94. The van der Waals surface area contributed by atoms with Gasteiger partial charge in [-0.15, -0.1) is 0 Å². The minimum absolute atomic E-state index is 0.0404. The van der Waals surface area contributed by atoms with Gasteiger partial charge in [0.2, 0.25) is 0 Å². The van der Waals surface area contributed by atoms with Gasteiger partial charge in [-0.25, -0.2) is 0 Å². The van der Waals surface area contributed by atoms with Gasteiger partial charge in [0, 0.05) is 35.1 Å². The van der Waals surface area contributed by atoms with Crippen LogP contribution in [0.5, 0.6) is 0 Å². The molecule has 1 aromatic heterocycles. The van der Waals surface area contributed by atoms with Crippen LogP contribution in [0.4, 0.5) is 24.5 Å². The molecule has 33 heavy (non-hydrogen) atoms. The lowest BCUT2D eigenvalue weighted by molar-refractivity contribution is -0.137. The van der Waals surface area contributed by atoms with E-state index < -0.39 is 29.1 Å². The molecule has 0 aliphatic heterocycles. The number of nitrogens with zero attached hydrogens (tertiary/aromatic N) is 1. The Labute approximate surface area is 188 Å². The number of alkyl halides is 3. The molecule has 0 radical (unpaired) electrons. The Morgan fingerprint density at radius 1 is 1.12 bits per heavy atom. The number of primary amides is 1. The molecule has 1 saturated carbocycles. The van der Waals surface area contributed by atoms with E-state index >= 15 is 0 Å². The van der Waals surface area contributed by atoms with Crippen molar-refractivity contribution in [2.24, 2.45) is 5.73 Å². The molecule has 0 bridgehead atoms. The normalized spacial score (nSPS) is 14.7. The van der Waals surface area contributed by atoms with Crippen LogP contribution in [0.1, 0.15) is 52.9 Å². The molecule has 172 valence electrons. The largest absolute Gasteiger partial charge is 0.416 e. The number of hydrogen-bond acceptors (Lipinski definition) is 4. The van der Waals surface area contributed by atoms with Gasteiger partial charge in [0.1, 0.15) is 0 Å². The Kier molecular flexibility index (Phi) is 5.65. The lowest BCUT2D eigenvalue weighted by Crippen LogP contribution is -2.28. The van der Waals surface area contributed by atoms with E-state index in [-0.39, 0.29) is 22.5 Å². The molecule has 1 aliphatic carbocycles. The van der Waals surface area contributed by atoms with Crippen LogP contribution in [0.2, 0.25) is 0 Å². The molecule has 0 saturated heterocycles. The summed E-state index contributed by atoms with van der Waals surface area (Å²) in [4.78, 5) is 25.2. The van der Waals surface area contributed by atoms with Crippen molar-refractivity contribution in [1.29, 1.82) is 0 Å². The third kappa shape index (κ3) is 4.72. The van der Waals surface area contributed by atoms with Crippen molar-refractivity contribution in [2.75, 3.05) is 11.1 Å². The van der Waals surface area contributed by atoms with Crippen molar-refractivity contribution < 1.29 is 18.0 Å². The van der Waals surface area contributed by atoms with Crippen molar-refractivity contribution >= 4 is 17.3 Å². The third-order valence-corrected chi connectivity index (χ3v) is 5.66. The van der Waals surface area contributed by atoms with Crippen LogP contribution in [-0.2, 0) is 6.18 Å². The monoisotopic (exact) mass is 456 g/mol. The van der Waals surface area contributed by atoms with Crippen molar-refractivity contribution in [3.63, 3.8) is 0 Å². The average Bonchev–Trinajstić information content (AvgIpc) is 3.55. The molecule has 1 atom stereocenters. The van der Waals surface area contributed by atoms with Gasteiger partial charge in [-0.2, -0.15) is 13.2 Å². The third-order valence-electron chi connectivity index (χ3n) is 5.66. The molecule has 0 spiro atoms. The summed E-state index contributed by atoms with van der Waals surface area (Å²) in [7, 11) is 0. The quantitative estimate of drug-likeness (QED) is 0.482. The highest BCUT2D eigenvalue weighted by atomic mass is 19.4. The molecule has 1 unspecified atom stereocenters. The van der Waals surface area contributed by atoms with Crippen LogP contribution in [0.15, 0.2) is 59.4 Å². The maximum Gasteiger partial charge on any atom is 0.416 e. The van der Waals surface area contributed by atoms with Crippen LogP contribution in [-0.4, -0.2) is 16.5 Å². The summed E-state index contributed by atoms with van der Waals surface area (Å²) >= 11 is 0. The Morgan fingerprint density at radius 2 is 1.85 bits per heavy atom. The van der Waals surface area contributed by atoms with E-state index in [1.165, 1.54) is 22.8 Å². The molecule has 2 aromatic carbocycles. The van der Waals surface area contributed by atoms with E-state index in [1.54, 1.807) is 25.1 Å². The van der Waals surface area contributed by atoms with Crippen LogP contribution < -0.4 is 22.3 Å². The van der Waals surface area contributed by atoms with Crippen molar-refractivity contribution in [2.45, 2.75) is 37.9 Å². The number of benzene rings is 2. The van der Waals surface area contributed by atoms with Gasteiger partial charge >= 0.3 is 6.18 Å². The molecule has 1 amide bonds. The number of aromatic nitrogens is 1. The van der Waals surface area contributed by atoms with Gasteiger partial charge in [0.05, 0.1) is 16.8 Å². The molecule has 9 heteroatoms. The number of rotatable bonds is 6. The summed E-state index contributed by atoms with van der Waals surface area (Å²) in [5.41, 5.74) is 11.6. The van der Waals surface area contributed by atoms with Gasteiger partial charge in [-0.1, -0.05) is 13.0 Å². The fourth-order valence-electron chi connectivity index (χ4n) is 3.90. The maximum absolute atomic E-state index is 13.4. The fraction of sp³-hybridized carbons (Fsp3) is 0.250. The molecule has 1 fully saturated rings. The van der Waals surface area contributed by atoms with E-state index in [2.05, 4.69) is 5.32 Å². The minimum atomic E-state index is -4.60. The van der Waals surface area contributed by atoms with Crippen LogP contribution in [0.25, 0.3) is 5.69 Å². The zero-order valence-electron chi connectivity index (χ0n) is 17.8. The number of halogens is 3. The summed E-state index contributed by atoms with van der Waals surface area (Å²) in [6.45, 7) is 1.61. The highest BCUT2D eigenvalue weighted by Gasteiger charge is 2.32. The Hall–Kier alpha value is -3.75. The van der Waals surface area contributed by atoms with Crippen molar-refractivity contribution in [3.05, 3.63) is 87.3 Å². The fourth-order valence-corrected chi connectivity index (χ4v) is 3.90. The molecule has 3 aromatic rings. The summed E-state index contributed by atoms with van der Waals surface area (Å²) in [6.07, 6.45) is -2.49. The van der Waals surface area contributed by atoms with E-state index in [1.807, 2.05) is 6.07 Å². The number of nitrogen functional groups attached to an aromatic ring is 1. The Morgan fingerprint density at radius 3 is 2.48 bits per heavy atom. The zero-order valence-corrected chi connectivity index (χ0v) is 17.8. The Balaban J connectivity index is 1.91. The van der Waals surface area contributed by atoms with Gasteiger partial charge in [0.25, 0.3) is 11.5 Å². The number of anilines is 2. The highest BCUT2D eigenvalue weighted by Crippen LogP contribution is 2.36. The number of amides is 1. The van der Waals surface area contributed by atoms with Crippen molar-refractivity contribution in [1.82, 2.24) is 4.57 Å². The lowest BCUT2D eigenvalue weighted by atomic mass is 9.91. The molecular formula is C24H23F3N4O2. The number of nitrogens with one attached hydrogen (secondary N) is 1. The van der Waals surface area contributed by atoms with E-state index in [0.29, 0.717) is 11.7 Å². The number of hydrogen-bond donors (Lipinski definition) is 3. The molecule has 1 heterocycles. The number of carbonyl (C=O) groups excluding carboxylic acids is 1. The molecule has 6 nitrogen and oxygen atoms in total. The second-order valence-electron chi connectivity index (χ2n) is 8.25. The first-order valence-electron chi connectivity index (χ1n) is 10.4. The number of pyridine rings is 1. The number of nitrogens with two attached hydrogens (primary N) is 2. The van der Waals surface area contributed by atoms with Crippen LogP contribution in [0.3, 0.4) is 0 Å². The zero-order chi connectivity index (χ0) is 23.9. The first-order valence-corrected chi connectivity index (χ1v) is 10.4. The summed E-state index contributed by atoms with van der Waals surface area (Å²) < 4.78 is 41.5. The molecule has 5 N–H and O–H groups in total. The predicted octanol–water partition coefficient (Wildman–Crippen LogP) is 4.26. The minimum Gasteiger partial charge on any atom is -0.399 e.